The fraction of sp³-hybridized carbons (Fsp3) is 0.833. The Hall–Kier alpha value is -0.470. The van der Waals surface area contributed by atoms with Crippen LogP contribution in [0.4, 0.5) is 8.78 Å². The molecule has 1 atom stereocenters. The number of alkyl halides is 2. The van der Waals surface area contributed by atoms with Gasteiger partial charge in [0.15, 0.2) is 0 Å². The highest BCUT2D eigenvalue weighted by molar-refractivity contribution is 5.54. The Kier molecular flexibility index (Phi) is 3.35. The lowest BCUT2D eigenvalue weighted by Crippen LogP contribution is -2.18. The van der Waals surface area contributed by atoms with Gasteiger partial charge >= 0.3 is 0 Å². The number of rotatable bonds is 3. The SMILES string of the molecule is CC(C)C(C=O)C(F)F. The zero-order valence-electron chi connectivity index (χ0n) is 5.47. The van der Waals surface area contributed by atoms with Gasteiger partial charge in [0.05, 0.1) is 5.92 Å². The zero-order valence-corrected chi connectivity index (χ0v) is 5.47. The fourth-order valence-electron chi connectivity index (χ4n) is 0.507. The van der Waals surface area contributed by atoms with Crippen molar-refractivity contribution >= 4 is 6.29 Å². The van der Waals surface area contributed by atoms with Crippen LogP contribution in [-0.2, 0) is 4.79 Å². The molecule has 0 aliphatic rings. The quantitative estimate of drug-likeness (QED) is 0.540. The van der Waals surface area contributed by atoms with Gasteiger partial charge in [0, 0.05) is 0 Å². The van der Waals surface area contributed by atoms with E-state index in [1.165, 1.54) is 0 Å². The highest BCUT2D eigenvalue weighted by Crippen LogP contribution is 2.16. The van der Waals surface area contributed by atoms with Crippen molar-refractivity contribution in [2.45, 2.75) is 20.3 Å². The molecule has 0 fully saturated rings. The van der Waals surface area contributed by atoms with Crippen LogP contribution in [-0.4, -0.2) is 12.7 Å². The molecule has 0 aliphatic carbocycles. The highest BCUT2D eigenvalue weighted by atomic mass is 19.3. The molecular formula is C6H10F2O. The molecular weight excluding hydrogens is 126 g/mol. The van der Waals surface area contributed by atoms with E-state index in [0.717, 1.165) is 0 Å². The van der Waals surface area contributed by atoms with Crippen molar-refractivity contribution in [2.24, 2.45) is 11.8 Å². The van der Waals surface area contributed by atoms with Crippen LogP contribution in [0.3, 0.4) is 0 Å². The molecule has 0 saturated heterocycles. The lowest BCUT2D eigenvalue weighted by molar-refractivity contribution is -0.117. The van der Waals surface area contributed by atoms with E-state index < -0.39 is 12.3 Å². The zero-order chi connectivity index (χ0) is 7.44. The lowest BCUT2D eigenvalue weighted by Gasteiger charge is -2.11. The molecule has 0 saturated carbocycles. The summed E-state index contributed by atoms with van der Waals surface area (Å²) in [6.07, 6.45) is -2.20. The van der Waals surface area contributed by atoms with Crippen LogP contribution in [0.25, 0.3) is 0 Å². The van der Waals surface area contributed by atoms with Crippen LogP contribution < -0.4 is 0 Å². The first-order valence-electron chi connectivity index (χ1n) is 2.83. The Labute approximate surface area is 53.1 Å². The van der Waals surface area contributed by atoms with Crippen molar-refractivity contribution in [2.75, 3.05) is 0 Å². The summed E-state index contributed by atoms with van der Waals surface area (Å²) in [7, 11) is 0. The van der Waals surface area contributed by atoms with Gasteiger partial charge in [-0.15, -0.1) is 0 Å². The minimum absolute atomic E-state index is 0.262. The standard InChI is InChI=1S/C6H10F2O/c1-4(2)5(3-9)6(7)8/h3-6H,1-2H3. The van der Waals surface area contributed by atoms with Gasteiger partial charge in [-0.3, -0.25) is 0 Å². The molecule has 0 spiro atoms. The third kappa shape index (κ3) is 2.54. The summed E-state index contributed by atoms with van der Waals surface area (Å²) in [5.74, 6) is -1.35. The first kappa shape index (κ1) is 8.53. The van der Waals surface area contributed by atoms with Gasteiger partial charge in [0.1, 0.15) is 6.29 Å². The van der Waals surface area contributed by atoms with Crippen molar-refractivity contribution in [3.63, 3.8) is 0 Å². The maximum atomic E-state index is 11.7. The van der Waals surface area contributed by atoms with Gasteiger partial charge in [0.25, 0.3) is 0 Å². The fourth-order valence-corrected chi connectivity index (χ4v) is 0.507. The predicted molar refractivity (Wildman–Crippen MR) is 30.4 cm³/mol. The van der Waals surface area contributed by atoms with Crippen molar-refractivity contribution in [3.05, 3.63) is 0 Å². The lowest BCUT2D eigenvalue weighted by atomic mass is 9.98. The van der Waals surface area contributed by atoms with Crippen molar-refractivity contribution in [3.8, 4) is 0 Å². The van der Waals surface area contributed by atoms with Gasteiger partial charge in [-0.05, 0) is 5.92 Å². The second-order valence-electron chi connectivity index (χ2n) is 2.29. The molecule has 0 rings (SSSR count). The van der Waals surface area contributed by atoms with E-state index in [1.54, 1.807) is 13.8 Å². The Bertz CT molecular complexity index is 83.1. The largest absolute Gasteiger partial charge is 0.303 e. The molecule has 0 radical (unpaired) electrons. The summed E-state index contributed by atoms with van der Waals surface area (Å²) in [6.45, 7) is 3.20. The monoisotopic (exact) mass is 136 g/mol. The molecule has 1 unspecified atom stereocenters. The average Bonchev–Trinajstić information content (AvgIpc) is 1.64. The van der Waals surface area contributed by atoms with Crippen LogP contribution >= 0.6 is 0 Å². The maximum absolute atomic E-state index is 11.7. The highest BCUT2D eigenvalue weighted by Gasteiger charge is 2.22. The Balaban J connectivity index is 3.82. The molecule has 54 valence electrons. The molecule has 0 aromatic heterocycles. The molecule has 3 heteroatoms. The Morgan fingerprint density at radius 3 is 1.78 bits per heavy atom. The van der Waals surface area contributed by atoms with Crippen LogP contribution in [0.15, 0.2) is 0 Å². The molecule has 0 aliphatic heterocycles. The van der Waals surface area contributed by atoms with Crippen molar-refractivity contribution in [1.82, 2.24) is 0 Å². The minimum atomic E-state index is -2.51. The third-order valence-electron chi connectivity index (χ3n) is 1.22. The number of hydrogen-bond acceptors (Lipinski definition) is 1. The van der Waals surface area contributed by atoms with Crippen LogP contribution in [0, 0.1) is 11.8 Å². The van der Waals surface area contributed by atoms with E-state index >= 15 is 0 Å². The van der Waals surface area contributed by atoms with Gasteiger partial charge in [-0.25, -0.2) is 8.78 Å². The molecule has 0 amide bonds. The van der Waals surface area contributed by atoms with Crippen molar-refractivity contribution in [1.29, 1.82) is 0 Å². The van der Waals surface area contributed by atoms with E-state index in [4.69, 9.17) is 0 Å². The van der Waals surface area contributed by atoms with Gasteiger partial charge in [-0.2, -0.15) is 0 Å². The van der Waals surface area contributed by atoms with Crippen LogP contribution in [0.2, 0.25) is 0 Å². The second kappa shape index (κ2) is 3.54. The molecule has 1 nitrogen and oxygen atoms in total. The molecule has 0 aromatic rings. The summed E-state index contributed by atoms with van der Waals surface area (Å²) in [5.41, 5.74) is 0. The second-order valence-corrected chi connectivity index (χ2v) is 2.29. The van der Waals surface area contributed by atoms with Crippen LogP contribution in [0.1, 0.15) is 13.8 Å². The van der Waals surface area contributed by atoms with Gasteiger partial charge in [-0.1, -0.05) is 13.8 Å². The van der Waals surface area contributed by atoms with E-state index in [9.17, 15) is 13.6 Å². The normalized spacial score (nSPS) is 14.4. The number of carbonyl (C=O) groups excluding carboxylic acids is 1. The number of hydrogen-bond donors (Lipinski definition) is 0. The molecule has 0 aromatic carbocycles. The summed E-state index contributed by atoms with van der Waals surface area (Å²) < 4.78 is 23.4. The smallest absolute Gasteiger partial charge is 0.248 e. The van der Waals surface area contributed by atoms with Crippen LogP contribution in [0.5, 0.6) is 0 Å². The molecule has 0 bridgehead atoms. The van der Waals surface area contributed by atoms with E-state index in [1.807, 2.05) is 0 Å². The van der Waals surface area contributed by atoms with E-state index in [0.29, 0.717) is 6.29 Å². The summed E-state index contributed by atoms with van der Waals surface area (Å²) in [5, 5.41) is 0. The number of aldehydes is 1. The topological polar surface area (TPSA) is 17.1 Å². The summed E-state index contributed by atoms with van der Waals surface area (Å²) in [6, 6.07) is 0. The average molecular weight is 136 g/mol. The van der Waals surface area contributed by atoms with Gasteiger partial charge < -0.3 is 4.79 Å². The van der Waals surface area contributed by atoms with Crippen molar-refractivity contribution < 1.29 is 13.6 Å². The molecule has 0 heterocycles. The molecule has 9 heavy (non-hydrogen) atoms. The maximum Gasteiger partial charge on any atom is 0.248 e. The minimum Gasteiger partial charge on any atom is -0.303 e. The predicted octanol–water partition coefficient (Wildman–Crippen LogP) is 1.72. The summed E-state index contributed by atoms with van der Waals surface area (Å²) in [4.78, 5) is 9.91. The number of halogens is 2. The summed E-state index contributed by atoms with van der Waals surface area (Å²) >= 11 is 0. The third-order valence-corrected chi connectivity index (χ3v) is 1.22. The van der Waals surface area contributed by atoms with E-state index in [-0.39, 0.29) is 5.92 Å². The first-order chi connectivity index (χ1) is 4.09. The van der Waals surface area contributed by atoms with Gasteiger partial charge in [0.2, 0.25) is 6.43 Å². The first-order valence-corrected chi connectivity index (χ1v) is 2.83. The molecule has 0 N–H and O–H groups in total. The van der Waals surface area contributed by atoms with E-state index in [2.05, 4.69) is 0 Å². The number of carbonyl (C=O) groups is 1. The Morgan fingerprint density at radius 2 is 1.78 bits per heavy atom. The Morgan fingerprint density at radius 1 is 1.33 bits per heavy atom.